The zero-order chi connectivity index (χ0) is 26.5. The van der Waals surface area contributed by atoms with E-state index in [0.29, 0.717) is 25.9 Å². The van der Waals surface area contributed by atoms with E-state index in [-0.39, 0.29) is 26.8 Å². The van der Waals surface area contributed by atoms with Crippen molar-refractivity contribution in [3.8, 4) is 11.4 Å². The molecule has 1 saturated carbocycles. The number of halogens is 5. The zero-order valence-corrected chi connectivity index (χ0v) is 21.2. The fourth-order valence-corrected chi connectivity index (χ4v) is 4.89. The number of hydrogen-bond acceptors (Lipinski definition) is 6. The van der Waals surface area contributed by atoms with Gasteiger partial charge in [-0.2, -0.15) is 0 Å². The Morgan fingerprint density at radius 2 is 1.84 bits per heavy atom. The first-order valence-electron chi connectivity index (χ1n) is 11.5. The Morgan fingerprint density at radius 3 is 2.49 bits per heavy atom. The van der Waals surface area contributed by atoms with Crippen LogP contribution in [-0.4, -0.2) is 70.4 Å². The van der Waals surface area contributed by atoms with Gasteiger partial charge in [0.15, 0.2) is 5.75 Å². The molecule has 1 aliphatic carbocycles. The summed E-state index contributed by atoms with van der Waals surface area (Å²) in [5.74, 6) is -1.71. The van der Waals surface area contributed by atoms with Gasteiger partial charge in [-0.1, -0.05) is 0 Å². The molecule has 1 aliphatic heterocycles. The van der Waals surface area contributed by atoms with Crippen LogP contribution < -0.4 is 15.6 Å². The molecule has 0 bridgehead atoms. The van der Waals surface area contributed by atoms with Gasteiger partial charge in [0.05, 0.1) is 26.8 Å². The number of likely N-dealkylation sites (N-methyl/N-ethyl adjacent to an activating group) is 1. The first kappa shape index (κ1) is 25.6. The van der Waals surface area contributed by atoms with Crippen molar-refractivity contribution < 1.29 is 27.1 Å². The molecule has 0 unspecified atom stereocenters. The van der Waals surface area contributed by atoms with Crippen LogP contribution in [0.15, 0.2) is 45.9 Å². The van der Waals surface area contributed by atoms with Crippen LogP contribution in [0.5, 0.6) is 5.75 Å². The van der Waals surface area contributed by atoms with E-state index in [9.17, 15) is 27.2 Å². The van der Waals surface area contributed by atoms with Crippen LogP contribution >= 0.6 is 15.9 Å². The fraction of sp³-hybridized carbons (Fsp3) is 0.375. The van der Waals surface area contributed by atoms with Gasteiger partial charge in [0.2, 0.25) is 5.91 Å². The maximum atomic E-state index is 14.1. The number of nitrogens with one attached hydrogen (secondary N) is 1. The lowest BCUT2D eigenvalue weighted by Crippen LogP contribution is -2.54. The molecule has 1 saturated heterocycles. The third-order valence-electron chi connectivity index (χ3n) is 6.77. The minimum absolute atomic E-state index is 0.0172. The fourth-order valence-electron chi connectivity index (χ4n) is 4.56. The molecule has 0 radical (unpaired) electrons. The number of carbonyl (C=O) groups excluding carboxylic acids is 1. The summed E-state index contributed by atoms with van der Waals surface area (Å²) in [7, 11) is 1.99. The van der Waals surface area contributed by atoms with Crippen LogP contribution in [0.2, 0.25) is 0 Å². The van der Waals surface area contributed by atoms with Gasteiger partial charge in [-0.05, 0) is 66.2 Å². The molecule has 2 aromatic carbocycles. The topological polar surface area (TPSA) is 79.7 Å². The highest BCUT2D eigenvalue weighted by atomic mass is 79.9. The van der Waals surface area contributed by atoms with Gasteiger partial charge in [-0.3, -0.25) is 19.1 Å². The van der Waals surface area contributed by atoms with E-state index in [4.69, 9.17) is 0 Å². The van der Waals surface area contributed by atoms with Crippen LogP contribution in [0.3, 0.4) is 0 Å². The van der Waals surface area contributed by atoms with Crippen molar-refractivity contribution in [2.75, 3.05) is 38.5 Å². The van der Waals surface area contributed by atoms with Gasteiger partial charge >= 0.3 is 6.36 Å². The van der Waals surface area contributed by atoms with E-state index in [1.165, 1.54) is 24.5 Å². The van der Waals surface area contributed by atoms with Gasteiger partial charge in [0.25, 0.3) is 5.56 Å². The molecule has 3 aromatic rings. The minimum atomic E-state index is -5.00. The molecular formula is C24H22BrF4N5O3. The highest BCUT2D eigenvalue weighted by Crippen LogP contribution is 2.44. The molecule has 1 aromatic heterocycles. The molecule has 13 heteroatoms. The SMILES string of the molecule is CN1CCN(C2(C(=O)Nc3cc(-n4cnc5cc(Br)c(F)cc5c4=O)ccc3OC(F)(F)F)CC2)CC1. The van der Waals surface area contributed by atoms with E-state index in [1.54, 1.807) is 0 Å². The maximum absolute atomic E-state index is 14.1. The molecule has 2 heterocycles. The van der Waals surface area contributed by atoms with Crippen molar-refractivity contribution in [3.05, 3.63) is 57.3 Å². The molecule has 2 aliphatic rings. The molecule has 2 fully saturated rings. The summed E-state index contributed by atoms with van der Waals surface area (Å²) < 4.78 is 58.8. The normalized spacial score (nSPS) is 18.1. The molecule has 196 valence electrons. The maximum Gasteiger partial charge on any atom is 0.573 e. The van der Waals surface area contributed by atoms with Crippen molar-refractivity contribution in [2.45, 2.75) is 24.7 Å². The molecule has 5 rings (SSSR count). The number of benzene rings is 2. The summed E-state index contributed by atoms with van der Waals surface area (Å²) in [6.45, 7) is 2.89. The number of rotatable bonds is 5. The number of carbonyl (C=O) groups is 1. The van der Waals surface area contributed by atoms with E-state index in [0.717, 1.165) is 29.8 Å². The molecule has 37 heavy (non-hydrogen) atoms. The average molecular weight is 584 g/mol. The summed E-state index contributed by atoms with van der Waals surface area (Å²) in [5.41, 5.74) is -1.30. The quantitative estimate of drug-likeness (QED) is 0.459. The number of hydrogen-bond donors (Lipinski definition) is 1. The van der Waals surface area contributed by atoms with Crippen molar-refractivity contribution in [3.63, 3.8) is 0 Å². The summed E-state index contributed by atoms with van der Waals surface area (Å²) >= 11 is 3.05. The van der Waals surface area contributed by atoms with Crippen molar-refractivity contribution in [1.82, 2.24) is 19.4 Å². The lowest BCUT2D eigenvalue weighted by atomic mass is 10.1. The first-order chi connectivity index (χ1) is 17.5. The first-order valence-corrected chi connectivity index (χ1v) is 12.3. The van der Waals surface area contributed by atoms with Crippen LogP contribution in [-0.2, 0) is 4.79 Å². The summed E-state index contributed by atoms with van der Waals surface area (Å²) in [5, 5.41) is 2.59. The van der Waals surface area contributed by atoms with Crippen LogP contribution in [0, 0.1) is 5.82 Å². The van der Waals surface area contributed by atoms with Crippen LogP contribution in [0.1, 0.15) is 12.8 Å². The Hall–Kier alpha value is -3.03. The van der Waals surface area contributed by atoms with E-state index < -0.39 is 34.9 Å². The third kappa shape index (κ3) is 5.07. The number of anilines is 1. The number of amides is 1. The van der Waals surface area contributed by atoms with Gasteiger partial charge in [0, 0.05) is 26.2 Å². The lowest BCUT2D eigenvalue weighted by Gasteiger charge is -2.37. The largest absolute Gasteiger partial charge is 0.573 e. The zero-order valence-electron chi connectivity index (χ0n) is 19.6. The number of aromatic nitrogens is 2. The Balaban J connectivity index is 1.51. The van der Waals surface area contributed by atoms with E-state index >= 15 is 0 Å². The smallest absolute Gasteiger partial charge is 0.404 e. The number of alkyl halides is 3. The van der Waals surface area contributed by atoms with Crippen molar-refractivity contribution >= 4 is 38.4 Å². The minimum Gasteiger partial charge on any atom is -0.404 e. The monoisotopic (exact) mass is 583 g/mol. The second kappa shape index (κ2) is 9.37. The Bertz CT molecular complexity index is 1430. The summed E-state index contributed by atoms with van der Waals surface area (Å²) in [6, 6.07) is 5.85. The molecule has 0 atom stereocenters. The predicted molar refractivity (Wildman–Crippen MR) is 131 cm³/mol. The summed E-state index contributed by atoms with van der Waals surface area (Å²) in [6.07, 6.45) is -2.63. The van der Waals surface area contributed by atoms with Gasteiger partial charge in [0.1, 0.15) is 17.7 Å². The Morgan fingerprint density at radius 1 is 1.14 bits per heavy atom. The number of ether oxygens (including phenoxy) is 1. The Kier molecular flexibility index (Phi) is 6.49. The van der Waals surface area contributed by atoms with E-state index in [1.807, 2.05) is 7.05 Å². The van der Waals surface area contributed by atoms with Gasteiger partial charge in [-0.15, -0.1) is 13.2 Å². The second-order valence-electron chi connectivity index (χ2n) is 9.21. The molecule has 0 spiro atoms. The molecule has 1 amide bonds. The average Bonchev–Trinajstić information content (AvgIpc) is 3.64. The second-order valence-corrected chi connectivity index (χ2v) is 10.1. The lowest BCUT2D eigenvalue weighted by molar-refractivity contribution is -0.274. The van der Waals surface area contributed by atoms with Crippen LogP contribution in [0.4, 0.5) is 23.2 Å². The van der Waals surface area contributed by atoms with Gasteiger partial charge < -0.3 is 15.0 Å². The molecular weight excluding hydrogens is 562 g/mol. The number of piperazine rings is 1. The van der Waals surface area contributed by atoms with Crippen molar-refractivity contribution in [1.29, 1.82) is 0 Å². The number of nitrogens with zero attached hydrogens (tertiary/aromatic N) is 4. The van der Waals surface area contributed by atoms with E-state index in [2.05, 4.69) is 40.8 Å². The van der Waals surface area contributed by atoms with Crippen molar-refractivity contribution in [2.24, 2.45) is 0 Å². The number of fused-ring (bicyclic) bond motifs is 1. The summed E-state index contributed by atoms with van der Waals surface area (Å²) in [4.78, 5) is 34.8. The standard InChI is InChI=1S/C24H22BrF4N5O3/c1-32-6-8-33(9-7-32)23(4-5-23)22(36)31-19-10-14(2-3-20(19)37-24(27,28)29)34-13-30-18-12-16(25)17(26)11-15(18)21(34)35/h2-3,10-13H,4-9H2,1H3,(H,31,36). The molecule has 1 N–H and O–H groups in total. The third-order valence-corrected chi connectivity index (χ3v) is 7.38. The highest BCUT2D eigenvalue weighted by Gasteiger charge is 2.55. The highest BCUT2D eigenvalue weighted by molar-refractivity contribution is 9.10. The Labute approximate surface area is 216 Å². The molecule has 8 nitrogen and oxygen atoms in total. The van der Waals surface area contributed by atoms with Gasteiger partial charge in [-0.25, -0.2) is 9.37 Å². The van der Waals surface area contributed by atoms with Crippen LogP contribution in [0.25, 0.3) is 16.6 Å². The predicted octanol–water partition coefficient (Wildman–Crippen LogP) is 3.90.